The molecule has 0 unspecified atom stereocenters. The van der Waals surface area contributed by atoms with Crippen LogP contribution in [0.2, 0.25) is 0 Å². The van der Waals surface area contributed by atoms with E-state index in [4.69, 9.17) is 0 Å². The first-order chi connectivity index (χ1) is 8.75. The largest absolute Gasteiger partial charge is 0.289 e. The van der Waals surface area contributed by atoms with Crippen molar-refractivity contribution in [3.05, 3.63) is 70.4 Å². The Morgan fingerprint density at radius 2 is 1.67 bits per heavy atom. The van der Waals surface area contributed by atoms with E-state index >= 15 is 0 Å². The molecule has 3 aromatic rings. The van der Waals surface area contributed by atoms with Crippen LogP contribution in [0.5, 0.6) is 0 Å². The molecule has 18 heavy (non-hydrogen) atoms. The lowest BCUT2D eigenvalue weighted by Crippen LogP contribution is -1.98. The molecule has 1 heterocycles. The molecular formula is C16H12OS. The van der Waals surface area contributed by atoms with E-state index in [0.717, 1.165) is 20.5 Å². The molecule has 88 valence electrons. The van der Waals surface area contributed by atoms with Gasteiger partial charge in [0.1, 0.15) is 0 Å². The van der Waals surface area contributed by atoms with Gasteiger partial charge in [-0.25, -0.2) is 0 Å². The van der Waals surface area contributed by atoms with Crippen LogP contribution in [-0.4, -0.2) is 0 Å². The monoisotopic (exact) mass is 252 g/mol. The van der Waals surface area contributed by atoms with Gasteiger partial charge in [0, 0.05) is 21.0 Å². The zero-order chi connectivity index (χ0) is 12.5. The molecule has 0 amide bonds. The number of fused-ring (bicyclic) bond motifs is 1. The molecule has 0 aliphatic rings. The van der Waals surface area contributed by atoms with Crippen LogP contribution in [0.4, 0.5) is 0 Å². The van der Waals surface area contributed by atoms with Crippen LogP contribution < -0.4 is 5.43 Å². The Morgan fingerprint density at radius 1 is 0.944 bits per heavy atom. The minimum atomic E-state index is 0.0996. The molecule has 1 aromatic heterocycles. The number of benzene rings is 2. The Balaban J connectivity index is 2.32. The van der Waals surface area contributed by atoms with Gasteiger partial charge in [-0.1, -0.05) is 36.4 Å². The highest BCUT2D eigenvalue weighted by atomic mass is 32.1. The second kappa shape index (κ2) is 4.39. The summed E-state index contributed by atoms with van der Waals surface area (Å²) >= 11 is 1.67. The highest BCUT2D eigenvalue weighted by Gasteiger charge is 2.06. The van der Waals surface area contributed by atoms with E-state index in [1.807, 2.05) is 36.4 Å². The van der Waals surface area contributed by atoms with Crippen molar-refractivity contribution in [2.24, 2.45) is 0 Å². The van der Waals surface area contributed by atoms with Crippen LogP contribution >= 0.6 is 11.3 Å². The third-order valence-corrected chi connectivity index (χ3v) is 4.18. The number of hydrogen-bond donors (Lipinski definition) is 0. The Hall–Kier alpha value is -1.93. The Bertz CT molecular complexity index is 771. The van der Waals surface area contributed by atoms with Gasteiger partial charge in [0.05, 0.1) is 0 Å². The Morgan fingerprint density at radius 3 is 2.50 bits per heavy atom. The molecule has 0 radical (unpaired) electrons. The summed E-state index contributed by atoms with van der Waals surface area (Å²) in [7, 11) is 0. The second-order valence-electron chi connectivity index (χ2n) is 4.29. The summed E-state index contributed by atoms with van der Waals surface area (Å²) < 4.78 is 1.04. The van der Waals surface area contributed by atoms with Crippen molar-refractivity contribution in [2.75, 3.05) is 0 Å². The van der Waals surface area contributed by atoms with Gasteiger partial charge < -0.3 is 0 Å². The first-order valence-corrected chi connectivity index (χ1v) is 6.66. The van der Waals surface area contributed by atoms with Crippen LogP contribution in [0.3, 0.4) is 0 Å². The smallest absolute Gasteiger partial charge is 0.188 e. The van der Waals surface area contributed by atoms with E-state index < -0.39 is 0 Å². The molecule has 0 saturated carbocycles. The second-order valence-corrected chi connectivity index (χ2v) is 5.37. The molecule has 2 aromatic carbocycles. The number of aryl methyl sites for hydroxylation is 1. The van der Waals surface area contributed by atoms with Crippen molar-refractivity contribution >= 4 is 21.4 Å². The highest BCUT2D eigenvalue weighted by Crippen LogP contribution is 2.29. The number of rotatable bonds is 1. The fourth-order valence-corrected chi connectivity index (χ4v) is 3.25. The van der Waals surface area contributed by atoms with Crippen LogP contribution in [0.25, 0.3) is 20.5 Å². The SMILES string of the molecule is Cc1ccccc1-c1cc(=O)c2ccccc2s1. The van der Waals surface area contributed by atoms with Gasteiger partial charge in [0.2, 0.25) is 0 Å². The van der Waals surface area contributed by atoms with Gasteiger partial charge in [0.15, 0.2) is 5.43 Å². The van der Waals surface area contributed by atoms with Crippen LogP contribution in [-0.2, 0) is 0 Å². The molecule has 0 atom stereocenters. The molecule has 0 N–H and O–H groups in total. The first kappa shape index (κ1) is 11.2. The average Bonchev–Trinajstić information content (AvgIpc) is 2.39. The molecule has 0 aliphatic carbocycles. The van der Waals surface area contributed by atoms with Crippen molar-refractivity contribution in [3.63, 3.8) is 0 Å². The minimum Gasteiger partial charge on any atom is -0.289 e. The van der Waals surface area contributed by atoms with Crippen molar-refractivity contribution < 1.29 is 0 Å². The topological polar surface area (TPSA) is 17.1 Å². The van der Waals surface area contributed by atoms with Crippen LogP contribution in [0.1, 0.15) is 5.56 Å². The number of hydrogen-bond acceptors (Lipinski definition) is 2. The highest BCUT2D eigenvalue weighted by molar-refractivity contribution is 7.21. The normalized spacial score (nSPS) is 10.7. The van der Waals surface area contributed by atoms with E-state index in [9.17, 15) is 4.79 Å². The van der Waals surface area contributed by atoms with Gasteiger partial charge in [-0.2, -0.15) is 0 Å². The molecule has 3 rings (SSSR count). The lowest BCUT2D eigenvalue weighted by atomic mass is 10.1. The lowest BCUT2D eigenvalue weighted by molar-refractivity contribution is 1.47. The first-order valence-electron chi connectivity index (χ1n) is 5.84. The third kappa shape index (κ3) is 1.85. The summed E-state index contributed by atoms with van der Waals surface area (Å²) in [6.07, 6.45) is 0. The summed E-state index contributed by atoms with van der Waals surface area (Å²) in [5.41, 5.74) is 2.44. The lowest BCUT2D eigenvalue weighted by Gasteiger charge is -2.05. The van der Waals surface area contributed by atoms with Crippen LogP contribution in [0, 0.1) is 6.92 Å². The molecule has 2 heteroatoms. The maximum Gasteiger partial charge on any atom is 0.188 e. The molecule has 1 nitrogen and oxygen atoms in total. The van der Waals surface area contributed by atoms with Crippen LogP contribution in [0.15, 0.2) is 59.4 Å². The predicted octanol–water partition coefficient (Wildman–Crippen LogP) is 4.24. The maximum absolute atomic E-state index is 12.1. The molecule has 0 spiro atoms. The van der Waals surface area contributed by atoms with Gasteiger partial charge >= 0.3 is 0 Å². The van der Waals surface area contributed by atoms with Gasteiger partial charge in [-0.05, 0) is 30.2 Å². The Kier molecular flexibility index (Phi) is 2.73. The zero-order valence-electron chi connectivity index (χ0n) is 10.0. The summed E-state index contributed by atoms with van der Waals surface area (Å²) in [4.78, 5) is 13.1. The maximum atomic E-state index is 12.1. The van der Waals surface area contributed by atoms with Gasteiger partial charge in [0.25, 0.3) is 0 Å². The Labute approximate surface area is 109 Å². The third-order valence-electron chi connectivity index (χ3n) is 3.05. The molecule has 0 aliphatic heterocycles. The van der Waals surface area contributed by atoms with E-state index in [1.165, 1.54) is 5.56 Å². The van der Waals surface area contributed by atoms with Crippen molar-refractivity contribution in [1.82, 2.24) is 0 Å². The van der Waals surface area contributed by atoms with Gasteiger partial charge in [-0.15, -0.1) is 11.3 Å². The quantitative estimate of drug-likeness (QED) is 0.633. The summed E-state index contributed by atoms with van der Waals surface area (Å²) in [6.45, 7) is 2.07. The standard InChI is InChI=1S/C16H12OS/c1-11-6-2-3-7-12(11)16-10-14(17)13-8-4-5-9-15(13)18-16/h2-10H,1H3. The fraction of sp³-hybridized carbons (Fsp3) is 0.0625. The van der Waals surface area contributed by atoms with E-state index in [0.29, 0.717) is 0 Å². The predicted molar refractivity (Wildman–Crippen MR) is 78.3 cm³/mol. The molecule has 0 saturated heterocycles. The summed E-state index contributed by atoms with van der Waals surface area (Å²) in [5, 5.41) is 0.805. The minimum absolute atomic E-state index is 0.0996. The summed E-state index contributed by atoms with van der Waals surface area (Å²) in [5.74, 6) is 0. The molecule has 0 bridgehead atoms. The molecule has 0 fully saturated rings. The van der Waals surface area contributed by atoms with E-state index in [2.05, 4.69) is 19.1 Å². The zero-order valence-corrected chi connectivity index (χ0v) is 10.8. The van der Waals surface area contributed by atoms with Crippen molar-refractivity contribution in [3.8, 4) is 10.4 Å². The van der Waals surface area contributed by atoms with E-state index in [-0.39, 0.29) is 5.43 Å². The van der Waals surface area contributed by atoms with Crippen molar-refractivity contribution in [2.45, 2.75) is 6.92 Å². The van der Waals surface area contributed by atoms with Gasteiger partial charge in [-0.3, -0.25) is 4.79 Å². The summed E-state index contributed by atoms with van der Waals surface area (Å²) in [6, 6.07) is 17.7. The average molecular weight is 252 g/mol. The fourth-order valence-electron chi connectivity index (χ4n) is 2.09. The van der Waals surface area contributed by atoms with Crippen molar-refractivity contribution in [1.29, 1.82) is 0 Å². The molecular weight excluding hydrogens is 240 g/mol. The van der Waals surface area contributed by atoms with E-state index in [1.54, 1.807) is 17.4 Å².